The molecule has 0 amide bonds. The first-order chi connectivity index (χ1) is 8.22. The Bertz CT molecular complexity index is 542. The van der Waals surface area contributed by atoms with Crippen LogP contribution in [-0.2, 0) is 7.05 Å². The fraction of sp³-hybridized carbons (Fsp3) is 0.417. The summed E-state index contributed by atoms with van der Waals surface area (Å²) in [7, 11) is 1.89. The Labute approximate surface area is 99.7 Å². The number of hydrogen-bond acceptors (Lipinski definition) is 4. The lowest BCUT2D eigenvalue weighted by Gasteiger charge is -2.24. The molecule has 5 nitrogen and oxygen atoms in total. The third kappa shape index (κ3) is 1.88. The normalized spacial score (nSPS) is 15.8. The van der Waals surface area contributed by atoms with E-state index >= 15 is 0 Å². The zero-order chi connectivity index (χ0) is 11.8. The van der Waals surface area contributed by atoms with E-state index in [1.807, 2.05) is 13.2 Å². The molecule has 88 valence electrons. The maximum atomic E-state index is 5.84. The first kappa shape index (κ1) is 10.3. The summed E-state index contributed by atoms with van der Waals surface area (Å²) >= 11 is 0. The average molecular weight is 229 g/mol. The van der Waals surface area contributed by atoms with Crippen LogP contribution in [0.3, 0.4) is 0 Å². The van der Waals surface area contributed by atoms with Gasteiger partial charge < -0.3 is 5.73 Å². The highest BCUT2D eigenvalue weighted by atomic mass is 15.2. The van der Waals surface area contributed by atoms with Crippen molar-refractivity contribution < 1.29 is 0 Å². The van der Waals surface area contributed by atoms with Gasteiger partial charge in [-0.3, -0.25) is 4.68 Å². The summed E-state index contributed by atoms with van der Waals surface area (Å²) in [6, 6.07) is 1.80. The lowest BCUT2D eigenvalue weighted by molar-refractivity contribution is 0.402. The Morgan fingerprint density at radius 2 is 2.18 bits per heavy atom. The van der Waals surface area contributed by atoms with Gasteiger partial charge in [-0.05, 0) is 12.8 Å². The molecule has 2 heterocycles. The summed E-state index contributed by atoms with van der Waals surface area (Å²) in [5.41, 5.74) is 7.70. The van der Waals surface area contributed by atoms with Gasteiger partial charge in [0.2, 0.25) is 0 Å². The Morgan fingerprint density at radius 1 is 1.35 bits per heavy atom. The van der Waals surface area contributed by atoms with Gasteiger partial charge in [0.05, 0.1) is 11.9 Å². The SMILES string of the molecule is Cn1cc(-c2cc(N)nc(C3CCC3)n2)cn1. The summed E-state index contributed by atoms with van der Waals surface area (Å²) in [6.07, 6.45) is 7.36. The number of nitrogens with zero attached hydrogens (tertiary/aromatic N) is 4. The number of rotatable bonds is 2. The molecule has 0 radical (unpaired) electrons. The molecule has 0 aromatic carbocycles. The van der Waals surface area contributed by atoms with Crippen LogP contribution >= 0.6 is 0 Å². The third-order valence-corrected chi connectivity index (χ3v) is 3.23. The largest absolute Gasteiger partial charge is 0.384 e. The monoisotopic (exact) mass is 229 g/mol. The number of nitrogens with two attached hydrogens (primary N) is 1. The molecular formula is C12H15N5. The maximum absolute atomic E-state index is 5.84. The summed E-state index contributed by atoms with van der Waals surface area (Å²) < 4.78 is 1.76. The fourth-order valence-corrected chi connectivity index (χ4v) is 2.04. The van der Waals surface area contributed by atoms with Crippen molar-refractivity contribution in [3.8, 4) is 11.3 Å². The van der Waals surface area contributed by atoms with E-state index in [9.17, 15) is 0 Å². The van der Waals surface area contributed by atoms with Gasteiger partial charge in [-0.1, -0.05) is 6.42 Å². The first-order valence-electron chi connectivity index (χ1n) is 5.86. The zero-order valence-corrected chi connectivity index (χ0v) is 9.80. The van der Waals surface area contributed by atoms with Gasteiger partial charge in [0.25, 0.3) is 0 Å². The van der Waals surface area contributed by atoms with Crippen LogP contribution < -0.4 is 5.73 Å². The number of aromatic nitrogens is 4. The minimum Gasteiger partial charge on any atom is -0.384 e. The highest BCUT2D eigenvalue weighted by Gasteiger charge is 2.23. The standard InChI is InChI=1S/C12H15N5/c1-17-7-9(6-14-17)10-5-11(13)16-12(15-10)8-3-2-4-8/h5-8H,2-4H2,1H3,(H2,13,15,16). The van der Waals surface area contributed by atoms with Crippen molar-refractivity contribution in [2.45, 2.75) is 25.2 Å². The molecule has 0 bridgehead atoms. The third-order valence-electron chi connectivity index (χ3n) is 3.23. The number of aryl methyl sites for hydroxylation is 1. The van der Waals surface area contributed by atoms with Crippen LogP contribution in [-0.4, -0.2) is 19.7 Å². The molecule has 0 unspecified atom stereocenters. The van der Waals surface area contributed by atoms with Crippen molar-refractivity contribution in [1.82, 2.24) is 19.7 Å². The molecule has 1 aliphatic rings. The van der Waals surface area contributed by atoms with Crippen molar-refractivity contribution >= 4 is 5.82 Å². The highest BCUT2D eigenvalue weighted by molar-refractivity contribution is 5.60. The van der Waals surface area contributed by atoms with E-state index in [1.165, 1.54) is 19.3 Å². The van der Waals surface area contributed by atoms with E-state index in [-0.39, 0.29) is 0 Å². The summed E-state index contributed by atoms with van der Waals surface area (Å²) in [6.45, 7) is 0. The van der Waals surface area contributed by atoms with Crippen molar-refractivity contribution in [2.24, 2.45) is 7.05 Å². The van der Waals surface area contributed by atoms with Gasteiger partial charge >= 0.3 is 0 Å². The number of hydrogen-bond donors (Lipinski definition) is 1. The topological polar surface area (TPSA) is 69.6 Å². The molecule has 1 fully saturated rings. The van der Waals surface area contributed by atoms with E-state index in [0.717, 1.165) is 17.1 Å². The second-order valence-corrected chi connectivity index (χ2v) is 4.57. The molecule has 1 saturated carbocycles. The van der Waals surface area contributed by atoms with Crippen LogP contribution in [0.5, 0.6) is 0 Å². The molecule has 0 spiro atoms. The molecule has 2 N–H and O–H groups in total. The Hall–Kier alpha value is -1.91. The van der Waals surface area contributed by atoms with E-state index in [4.69, 9.17) is 5.73 Å². The second kappa shape index (κ2) is 3.84. The van der Waals surface area contributed by atoms with Gasteiger partial charge in [-0.25, -0.2) is 9.97 Å². The van der Waals surface area contributed by atoms with Crippen LogP contribution in [0.1, 0.15) is 31.0 Å². The summed E-state index contributed by atoms with van der Waals surface area (Å²) in [4.78, 5) is 8.92. The smallest absolute Gasteiger partial charge is 0.134 e. The van der Waals surface area contributed by atoms with E-state index in [0.29, 0.717) is 11.7 Å². The van der Waals surface area contributed by atoms with Gasteiger partial charge in [0, 0.05) is 30.8 Å². The van der Waals surface area contributed by atoms with Crippen LogP contribution in [0, 0.1) is 0 Å². The first-order valence-corrected chi connectivity index (χ1v) is 5.86. The summed E-state index contributed by atoms with van der Waals surface area (Å²) in [5, 5.41) is 4.15. The minimum absolute atomic E-state index is 0.494. The Kier molecular flexibility index (Phi) is 2.31. The number of anilines is 1. The van der Waals surface area contributed by atoms with E-state index < -0.39 is 0 Å². The zero-order valence-electron chi connectivity index (χ0n) is 9.80. The van der Waals surface area contributed by atoms with Crippen LogP contribution in [0.2, 0.25) is 0 Å². The van der Waals surface area contributed by atoms with Crippen LogP contribution in [0.25, 0.3) is 11.3 Å². The lowest BCUT2D eigenvalue weighted by atomic mass is 9.85. The number of nitrogen functional groups attached to an aromatic ring is 1. The molecular weight excluding hydrogens is 214 g/mol. The molecule has 1 aliphatic carbocycles. The predicted octanol–water partition coefficient (Wildman–Crippen LogP) is 1.73. The van der Waals surface area contributed by atoms with Crippen LogP contribution in [0.15, 0.2) is 18.5 Å². The predicted molar refractivity (Wildman–Crippen MR) is 65.2 cm³/mol. The molecule has 5 heteroatoms. The van der Waals surface area contributed by atoms with Crippen LogP contribution in [0.4, 0.5) is 5.82 Å². The van der Waals surface area contributed by atoms with Crippen molar-refractivity contribution in [3.05, 3.63) is 24.3 Å². The fourth-order valence-electron chi connectivity index (χ4n) is 2.04. The molecule has 0 aliphatic heterocycles. The quantitative estimate of drug-likeness (QED) is 0.851. The van der Waals surface area contributed by atoms with Crippen molar-refractivity contribution in [2.75, 3.05) is 5.73 Å². The molecule has 2 aromatic rings. The molecule has 17 heavy (non-hydrogen) atoms. The van der Waals surface area contributed by atoms with Gasteiger partial charge in [-0.15, -0.1) is 0 Å². The van der Waals surface area contributed by atoms with Gasteiger partial charge in [0.1, 0.15) is 11.6 Å². The van der Waals surface area contributed by atoms with Gasteiger partial charge in [0.15, 0.2) is 0 Å². The lowest BCUT2D eigenvalue weighted by Crippen LogP contribution is -2.14. The second-order valence-electron chi connectivity index (χ2n) is 4.57. The Morgan fingerprint density at radius 3 is 2.76 bits per heavy atom. The molecule has 0 saturated heterocycles. The van der Waals surface area contributed by atoms with Crippen molar-refractivity contribution in [1.29, 1.82) is 0 Å². The highest BCUT2D eigenvalue weighted by Crippen LogP contribution is 2.35. The summed E-state index contributed by atoms with van der Waals surface area (Å²) in [5.74, 6) is 1.92. The minimum atomic E-state index is 0.494. The molecule has 3 rings (SSSR count). The van der Waals surface area contributed by atoms with E-state index in [1.54, 1.807) is 16.9 Å². The molecule has 0 atom stereocenters. The Balaban J connectivity index is 2.01. The average Bonchev–Trinajstić information content (AvgIpc) is 2.61. The van der Waals surface area contributed by atoms with Crippen molar-refractivity contribution in [3.63, 3.8) is 0 Å². The maximum Gasteiger partial charge on any atom is 0.134 e. The van der Waals surface area contributed by atoms with Gasteiger partial charge in [-0.2, -0.15) is 5.10 Å². The van der Waals surface area contributed by atoms with E-state index in [2.05, 4.69) is 15.1 Å². The molecule has 2 aromatic heterocycles.